The number of morpholine rings is 1. The van der Waals surface area contributed by atoms with Crippen LogP contribution < -0.4 is 4.74 Å². The highest BCUT2D eigenvalue weighted by atomic mass is 35.5. The van der Waals surface area contributed by atoms with Crippen LogP contribution >= 0.6 is 12.4 Å². The molecule has 3 aromatic carbocycles. The van der Waals surface area contributed by atoms with Gasteiger partial charge in [-0.15, -0.1) is 12.4 Å². The smallest absolute Gasteiger partial charge is 0.118 e. The molecule has 33 heavy (non-hydrogen) atoms. The molecule has 1 aliphatic heterocycles. The number of halogens is 1. The van der Waals surface area contributed by atoms with Crippen molar-refractivity contribution < 1.29 is 14.6 Å². The molecule has 0 radical (unpaired) electrons. The maximum Gasteiger partial charge on any atom is 0.118 e. The highest BCUT2D eigenvalue weighted by molar-refractivity contribution is 5.85. The predicted octanol–water partition coefficient (Wildman–Crippen LogP) is 4.97. The van der Waals surface area contributed by atoms with Crippen LogP contribution in [-0.2, 0) is 16.8 Å². The Morgan fingerprint density at radius 1 is 0.970 bits per heavy atom. The summed E-state index contributed by atoms with van der Waals surface area (Å²) < 4.78 is 11.0. The normalized spacial score (nSPS) is 16.9. The molecular weight excluding hydrogens is 434 g/mol. The number of hydrogen-bond donors (Lipinski definition) is 1. The van der Waals surface area contributed by atoms with E-state index in [1.807, 2.05) is 30.3 Å². The molecule has 4 nitrogen and oxygen atoms in total. The van der Waals surface area contributed by atoms with Gasteiger partial charge in [-0.25, -0.2) is 0 Å². The van der Waals surface area contributed by atoms with Crippen molar-refractivity contribution in [3.05, 3.63) is 101 Å². The molecule has 4 rings (SSSR count). The van der Waals surface area contributed by atoms with Gasteiger partial charge in [0, 0.05) is 32.0 Å². The largest absolute Gasteiger partial charge is 0.497 e. The zero-order chi connectivity index (χ0) is 22.4. The molecule has 1 saturated heterocycles. The summed E-state index contributed by atoms with van der Waals surface area (Å²) in [6.07, 6.45) is 0.533. The van der Waals surface area contributed by atoms with Gasteiger partial charge in [0.05, 0.1) is 20.3 Å². The molecule has 0 aromatic heterocycles. The fourth-order valence-corrected chi connectivity index (χ4v) is 4.70. The van der Waals surface area contributed by atoms with Crippen molar-refractivity contribution in [2.45, 2.75) is 24.9 Å². The van der Waals surface area contributed by atoms with E-state index in [4.69, 9.17) is 9.47 Å². The first-order chi connectivity index (χ1) is 15.6. The average Bonchev–Trinajstić information content (AvgIpc) is 2.84. The van der Waals surface area contributed by atoms with Crippen LogP contribution in [0.1, 0.15) is 28.2 Å². The molecule has 3 aromatic rings. The fraction of sp³-hybridized carbons (Fsp3) is 0.357. The van der Waals surface area contributed by atoms with E-state index in [1.165, 1.54) is 5.56 Å². The van der Waals surface area contributed by atoms with E-state index in [2.05, 4.69) is 60.4 Å². The van der Waals surface area contributed by atoms with Gasteiger partial charge >= 0.3 is 0 Å². The molecule has 0 bridgehead atoms. The highest BCUT2D eigenvalue weighted by Gasteiger charge is 2.40. The summed E-state index contributed by atoms with van der Waals surface area (Å²) in [5, 5.41) is 12.5. The summed E-state index contributed by atoms with van der Waals surface area (Å²) in [6, 6.07) is 26.7. The van der Waals surface area contributed by atoms with Crippen molar-refractivity contribution in [2.24, 2.45) is 0 Å². The Kier molecular flexibility index (Phi) is 8.93. The van der Waals surface area contributed by atoms with Crippen LogP contribution in [0.15, 0.2) is 78.9 Å². The van der Waals surface area contributed by atoms with Crippen molar-refractivity contribution in [3.8, 4) is 5.75 Å². The molecule has 0 amide bonds. The van der Waals surface area contributed by atoms with Crippen LogP contribution in [0.25, 0.3) is 0 Å². The first-order valence-corrected chi connectivity index (χ1v) is 11.4. The fourth-order valence-electron chi connectivity index (χ4n) is 4.70. The van der Waals surface area contributed by atoms with E-state index in [9.17, 15) is 5.11 Å². The summed E-state index contributed by atoms with van der Waals surface area (Å²) in [7, 11) is 1.67. The molecule has 1 fully saturated rings. The van der Waals surface area contributed by atoms with Crippen molar-refractivity contribution in [1.82, 2.24) is 4.90 Å². The maximum atomic E-state index is 12.5. The molecule has 2 atom stereocenters. The second-order valence-electron chi connectivity index (χ2n) is 8.69. The summed E-state index contributed by atoms with van der Waals surface area (Å²) >= 11 is 0. The topological polar surface area (TPSA) is 41.9 Å². The molecule has 1 aliphatic rings. The lowest BCUT2D eigenvalue weighted by Gasteiger charge is -2.41. The first kappa shape index (κ1) is 25.3. The van der Waals surface area contributed by atoms with Gasteiger partial charge in [-0.05, 0) is 35.7 Å². The SMILES string of the molecule is COc1ccc(C(O)(Cc2cccc(C)c2)C(CN2CCOCC2)c2ccccc2)cc1.Cl. The van der Waals surface area contributed by atoms with Crippen LogP contribution in [0, 0.1) is 6.92 Å². The van der Waals surface area contributed by atoms with E-state index >= 15 is 0 Å². The number of nitrogens with zero attached hydrogens (tertiary/aromatic N) is 1. The van der Waals surface area contributed by atoms with Crippen molar-refractivity contribution in [1.29, 1.82) is 0 Å². The number of rotatable bonds is 8. The molecule has 176 valence electrons. The van der Waals surface area contributed by atoms with Crippen molar-refractivity contribution >= 4 is 12.4 Å². The van der Waals surface area contributed by atoms with Gasteiger partial charge in [-0.2, -0.15) is 0 Å². The Balaban J connectivity index is 0.00000306. The monoisotopic (exact) mass is 467 g/mol. The van der Waals surface area contributed by atoms with Crippen LogP contribution in [0.3, 0.4) is 0 Å². The Morgan fingerprint density at radius 2 is 1.67 bits per heavy atom. The minimum Gasteiger partial charge on any atom is -0.497 e. The second kappa shape index (κ2) is 11.7. The third-order valence-corrected chi connectivity index (χ3v) is 6.47. The average molecular weight is 468 g/mol. The van der Waals surface area contributed by atoms with Crippen molar-refractivity contribution in [2.75, 3.05) is 40.0 Å². The molecular formula is C28H34ClNO3. The van der Waals surface area contributed by atoms with Crippen molar-refractivity contribution in [3.63, 3.8) is 0 Å². The van der Waals surface area contributed by atoms with E-state index < -0.39 is 5.60 Å². The molecule has 0 spiro atoms. The number of aliphatic hydroxyl groups is 1. The Hall–Kier alpha value is -2.37. The summed E-state index contributed by atoms with van der Waals surface area (Å²) in [4.78, 5) is 2.41. The van der Waals surface area contributed by atoms with E-state index in [0.29, 0.717) is 6.42 Å². The lowest BCUT2D eigenvalue weighted by molar-refractivity contribution is -0.0223. The third kappa shape index (κ3) is 6.15. The summed E-state index contributed by atoms with van der Waals surface area (Å²) in [5.41, 5.74) is 3.29. The molecule has 5 heteroatoms. The van der Waals surface area contributed by atoms with Gasteiger partial charge in [-0.1, -0.05) is 72.3 Å². The van der Waals surface area contributed by atoms with Crippen LogP contribution in [0.4, 0.5) is 0 Å². The van der Waals surface area contributed by atoms with Crippen LogP contribution in [-0.4, -0.2) is 50.0 Å². The maximum absolute atomic E-state index is 12.5. The van der Waals surface area contributed by atoms with Gasteiger partial charge in [0.2, 0.25) is 0 Å². The number of hydrogen-bond acceptors (Lipinski definition) is 4. The lowest BCUT2D eigenvalue weighted by Crippen LogP contribution is -2.45. The van der Waals surface area contributed by atoms with Crippen LogP contribution in [0.2, 0.25) is 0 Å². The van der Waals surface area contributed by atoms with Gasteiger partial charge in [0.15, 0.2) is 0 Å². The van der Waals surface area contributed by atoms with E-state index in [1.54, 1.807) is 7.11 Å². The zero-order valence-electron chi connectivity index (χ0n) is 19.4. The molecule has 0 aliphatic carbocycles. The Morgan fingerprint density at radius 3 is 2.30 bits per heavy atom. The third-order valence-electron chi connectivity index (χ3n) is 6.47. The van der Waals surface area contributed by atoms with Crippen LogP contribution in [0.5, 0.6) is 5.75 Å². The second-order valence-corrected chi connectivity index (χ2v) is 8.69. The zero-order valence-corrected chi connectivity index (χ0v) is 20.3. The molecule has 1 heterocycles. The number of methoxy groups -OCH3 is 1. The van der Waals surface area contributed by atoms with Gasteiger partial charge < -0.3 is 14.6 Å². The first-order valence-electron chi connectivity index (χ1n) is 11.4. The van der Waals surface area contributed by atoms with Gasteiger partial charge in [0.1, 0.15) is 11.4 Å². The van der Waals surface area contributed by atoms with Gasteiger partial charge in [-0.3, -0.25) is 4.90 Å². The Bertz CT molecular complexity index is 990. The molecule has 2 unspecified atom stereocenters. The number of aryl methyl sites for hydroxylation is 1. The Labute approximate surface area is 203 Å². The quantitative estimate of drug-likeness (QED) is 0.507. The number of ether oxygens (including phenoxy) is 2. The van der Waals surface area contributed by atoms with E-state index in [-0.39, 0.29) is 18.3 Å². The molecule has 0 saturated carbocycles. The minimum atomic E-state index is -1.08. The summed E-state index contributed by atoms with van der Waals surface area (Å²) in [5.74, 6) is 0.687. The molecule has 1 N–H and O–H groups in total. The van der Waals surface area contributed by atoms with Gasteiger partial charge in [0.25, 0.3) is 0 Å². The van der Waals surface area contributed by atoms with E-state index in [0.717, 1.165) is 55.3 Å². The predicted molar refractivity (Wildman–Crippen MR) is 135 cm³/mol. The highest BCUT2D eigenvalue weighted by Crippen LogP contribution is 2.41. The number of benzene rings is 3. The standard InChI is InChI=1S/C28H33NO3.ClH/c1-22-7-6-8-23(19-22)20-28(30,25-11-13-26(31-2)14-12-25)27(24-9-4-3-5-10-24)21-29-15-17-32-18-16-29;/h3-14,19,27,30H,15-18,20-21H2,1-2H3;1H. The minimum absolute atomic E-state index is 0. The summed E-state index contributed by atoms with van der Waals surface area (Å²) in [6.45, 7) is 6.10. The lowest BCUT2D eigenvalue weighted by atomic mass is 9.73.